The van der Waals surface area contributed by atoms with Crippen molar-refractivity contribution in [3.05, 3.63) is 29.3 Å². The molecule has 5 nitrogen and oxygen atoms in total. The Hall–Kier alpha value is -0.320. The van der Waals surface area contributed by atoms with Crippen molar-refractivity contribution in [2.45, 2.75) is 13.8 Å². The van der Waals surface area contributed by atoms with Crippen LogP contribution in [0.5, 0.6) is 5.75 Å². The number of carbonyl (C=O) groups is 1. The topological polar surface area (TPSA) is 72.8 Å². The van der Waals surface area contributed by atoms with Gasteiger partial charge >= 0.3 is 13.3 Å². The minimum absolute atomic E-state index is 0. The second-order valence-corrected chi connectivity index (χ2v) is 4.89. The van der Waals surface area contributed by atoms with Gasteiger partial charge in [-0.25, -0.2) is 9.36 Å². The fourth-order valence-corrected chi connectivity index (χ4v) is 2.06. The molecule has 0 amide bonds. The third kappa shape index (κ3) is 4.12. The summed E-state index contributed by atoms with van der Waals surface area (Å²) in [5.74, 6) is 0.235. The number of ether oxygens (including phenoxy) is 1. The van der Waals surface area contributed by atoms with Crippen LogP contribution in [0.1, 0.15) is 11.1 Å². The monoisotopic (exact) mass is 267 g/mol. The molecule has 1 aromatic carbocycles. The number of rotatable bonds is 3. The van der Waals surface area contributed by atoms with E-state index in [4.69, 9.17) is 4.52 Å². The maximum Gasteiger partial charge on any atom is 0.485 e. The molecule has 1 aromatic rings. The molecule has 0 aliphatic heterocycles. The molecular formula is C10H13NaO5P. The van der Waals surface area contributed by atoms with Gasteiger partial charge in [-0.3, -0.25) is 0 Å². The molecule has 0 bridgehead atoms. The van der Waals surface area contributed by atoms with Gasteiger partial charge in [0.1, 0.15) is 5.75 Å². The van der Waals surface area contributed by atoms with Gasteiger partial charge in [0.15, 0.2) is 0 Å². The van der Waals surface area contributed by atoms with Gasteiger partial charge in [-0.2, -0.15) is 0 Å². The summed E-state index contributed by atoms with van der Waals surface area (Å²) in [6, 6.07) is 5.23. The van der Waals surface area contributed by atoms with E-state index in [-0.39, 0.29) is 35.3 Å². The summed E-state index contributed by atoms with van der Waals surface area (Å²) in [6.07, 6.45) is 0. The predicted octanol–water partition coefficient (Wildman–Crippen LogP) is 2.25. The van der Waals surface area contributed by atoms with E-state index in [2.05, 4.69) is 4.74 Å². The summed E-state index contributed by atoms with van der Waals surface area (Å²) in [6.45, 7) is 3.44. The van der Waals surface area contributed by atoms with E-state index in [0.717, 1.165) is 7.11 Å². The van der Waals surface area contributed by atoms with E-state index in [1.54, 1.807) is 32.0 Å². The molecule has 0 aliphatic carbocycles. The Labute approximate surface area is 122 Å². The van der Waals surface area contributed by atoms with Gasteiger partial charge in [0.05, 0.1) is 7.11 Å². The van der Waals surface area contributed by atoms with Gasteiger partial charge in [-0.1, -0.05) is 18.2 Å². The summed E-state index contributed by atoms with van der Waals surface area (Å²) in [5, 5.41) is 0. The Balaban J connectivity index is 0.00000256. The van der Waals surface area contributed by atoms with Crippen molar-refractivity contribution in [3.63, 3.8) is 0 Å². The van der Waals surface area contributed by atoms with Crippen molar-refractivity contribution in [3.8, 4) is 5.75 Å². The summed E-state index contributed by atoms with van der Waals surface area (Å²) < 4.78 is 20.5. The Bertz CT molecular complexity index is 440. The van der Waals surface area contributed by atoms with E-state index >= 15 is 0 Å². The molecule has 89 valence electrons. The van der Waals surface area contributed by atoms with Crippen LogP contribution in [0.2, 0.25) is 0 Å². The van der Waals surface area contributed by atoms with Crippen LogP contribution in [-0.4, -0.2) is 47.3 Å². The molecule has 0 fully saturated rings. The molecule has 1 rings (SSSR count). The van der Waals surface area contributed by atoms with Crippen LogP contribution in [0.4, 0.5) is 4.79 Å². The minimum atomic E-state index is -4.42. The molecule has 0 spiro atoms. The Morgan fingerprint density at radius 2 is 1.76 bits per heavy atom. The standard InChI is InChI=1S/C10H13O5P.Na/c1-7-5-4-6-8(2)9(7)15-16(12,13)10(11)14-3;/h4-6H,1-3H3,(H,12,13);. The van der Waals surface area contributed by atoms with Gasteiger partial charge in [-0.15, -0.1) is 0 Å². The third-order valence-corrected chi connectivity index (χ3v) is 3.10. The Morgan fingerprint density at radius 1 is 1.29 bits per heavy atom. The first-order valence-electron chi connectivity index (χ1n) is 4.55. The van der Waals surface area contributed by atoms with Crippen LogP contribution in [-0.2, 0) is 9.30 Å². The molecule has 1 N–H and O–H groups in total. The van der Waals surface area contributed by atoms with Gasteiger partial charge in [0.25, 0.3) is 0 Å². The summed E-state index contributed by atoms with van der Waals surface area (Å²) >= 11 is 0. The molecule has 1 atom stereocenters. The zero-order valence-corrected chi connectivity index (χ0v) is 13.2. The van der Waals surface area contributed by atoms with E-state index < -0.39 is 13.3 Å². The molecule has 0 aromatic heterocycles. The number of carbonyl (C=O) groups excluding carboxylic acids is 1. The Kier molecular flexibility index (Phi) is 6.45. The first-order chi connectivity index (χ1) is 7.38. The fourth-order valence-electron chi connectivity index (χ4n) is 1.22. The first-order valence-corrected chi connectivity index (χ1v) is 6.13. The SMILES string of the molecule is COC(=O)P(=O)(O)Oc1c(C)cccc1C.[Na]. The molecule has 7 heteroatoms. The van der Waals surface area contributed by atoms with E-state index in [0.29, 0.717) is 11.1 Å². The summed E-state index contributed by atoms with van der Waals surface area (Å²) in [7, 11) is -3.39. The van der Waals surface area contributed by atoms with Crippen molar-refractivity contribution in [2.75, 3.05) is 7.11 Å². The predicted molar refractivity (Wildman–Crippen MR) is 64.5 cm³/mol. The summed E-state index contributed by atoms with van der Waals surface area (Å²) in [4.78, 5) is 20.3. The molecule has 1 radical (unpaired) electrons. The number of hydrogen-bond donors (Lipinski definition) is 1. The average Bonchev–Trinajstić information content (AvgIpc) is 2.22. The average molecular weight is 267 g/mol. The molecule has 0 heterocycles. The zero-order chi connectivity index (χ0) is 12.3. The molecular weight excluding hydrogens is 254 g/mol. The Morgan fingerprint density at radius 3 is 2.18 bits per heavy atom. The normalized spacial score (nSPS) is 13.2. The van der Waals surface area contributed by atoms with Gasteiger partial charge < -0.3 is 14.2 Å². The molecule has 0 saturated heterocycles. The fraction of sp³-hybridized carbons (Fsp3) is 0.300. The number of hydrogen-bond acceptors (Lipinski definition) is 4. The van der Waals surface area contributed by atoms with Crippen molar-refractivity contribution >= 4 is 42.9 Å². The maximum absolute atomic E-state index is 11.5. The second kappa shape index (κ2) is 6.57. The number of aryl methyl sites for hydroxylation is 2. The minimum Gasteiger partial charge on any atom is -0.459 e. The van der Waals surface area contributed by atoms with Gasteiger partial charge in [0.2, 0.25) is 0 Å². The zero-order valence-electron chi connectivity index (χ0n) is 10.3. The molecule has 0 aliphatic rings. The molecule has 0 saturated carbocycles. The quantitative estimate of drug-likeness (QED) is 0.671. The second-order valence-electron chi connectivity index (χ2n) is 3.30. The van der Waals surface area contributed by atoms with Crippen LogP contribution < -0.4 is 4.52 Å². The van der Waals surface area contributed by atoms with Gasteiger partial charge in [0, 0.05) is 29.6 Å². The first kappa shape index (κ1) is 16.7. The van der Waals surface area contributed by atoms with Crippen molar-refractivity contribution < 1.29 is 23.5 Å². The van der Waals surface area contributed by atoms with Crippen LogP contribution >= 0.6 is 7.60 Å². The van der Waals surface area contributed by atoms with E-state index in [1.165, 1.54) is 0 Å². The van der Waals surface area contributed by atoms with Crippen LogP contribution in [0.3, 0.4) is 0 Å². The van der Waals surface area contributed by atoms with E-state index in [1.807, 2.05) is 0 Å². The number of para-hydroxylation sites is 1. The molecule has 17 heavy (non-hydrogen) atoms. The summed E-state index contributed by atoms with van der Waals surface area (Å²) in [5.41, 5.74) is 0.0894. The van der Waals surface area contributed by atoms with Crippen LogP contribution in [0.15, 0.2) is 18.2 Å². The van der Waals surface area contributed by atoms with Crippen molar-refractivity contribution in [1.82, 2.24) is 0 Å². The smallest absolute Gasteiger partial charge is 0.459 e. The number of methoxy groups -OCH3 is 1. The number of benzene rings is 1. The van der Waals surface area contributed by atoms with Crippen molar-refractivity contribution in [2.24, 2.45) is 0 Å². The van der Waals surface area contributed by atoms with Crippen molar-refractivity contribution in [1.29, 1.82) is 0 Å². The van der Waals surface area contributed by atoms with E-state index in [9.17, 15) is 14.3 Å². The van der Waals surface area contributed by atoms with Gasteiger partial charge in [-0.05, 0) is 25.0 Å². The van der Waals surface area contributed by atoms with Crippen LogP contribution in [0.25, 0.3) is 0 Å². The maximum atomic E-state index is 11.5. The molecule has 1 unspecified atom stereocenters. The van der Waals surface area contributed by atoms with Crippen LogP contribution in [0, 0.1) is 13.8 Å². The third-order valence-electron chi connectivity index (χ3n) is 2.03. The largest absolute Gasteiger partial charge is 0.485 e.